The van der Waals surface area contributed by atoms with Gasteiger partial charge >= 0.3 is 12.1 Å². The van der Waals surface area contributed by atoms with Gasteiger partial charge in [-0.1, -0.05) is 59.5 Å². The summed E-state index contributed by atoms with van der Waals surface area (Å²) in [7, 11) is 1.35. The second kappa shape index (κ2) is 15.3. The molecule has 8 heteroatoms. The lowest BCUT2D eigenvalue weighted by molar-refractivity contribution is -0.147. The van der Waals surface area contributed by atoms with Crippen LogP contribution in [-0.4, -0.2) is 58.5 Å². The number of piperidine rings is 1. The molecule has 2 atom stereocenters. The molecule has 0 aromatic carbocycles. The highest BCUT2D eigenvalue weighted by atomic mass is 16.6. The van der Waals surface area contributed by atoms with Crippen molar-refractivity contribution in [3.05, 3.63) is 34.9 Å². The van der Waals surface area contributed by atoms with Gasteiger partial charge in [0.1, 0.15) is 17.1 Å². The van der Waals surface area contributed by atoms with Gasteiger partial charge in [0.05, 0.1) is 18.6 Å². The third-order valence-corrected chi connectivity index (χ3v) is 7.08. The van der Waals surface area contributed by atoms with Crippen LogP contribution in [0.5, 0.6) is 0 Å². The molecule has 1 aliphatic rings. The summed E-state index contributed by atoms with van der Waals surface area (Å²) in [4.78, 5) is 50.4. The molecule has 0 saturated carbocycles. The summed E-state index contributed by atoms with van der Waals surface area (Å²) in [6, 6.07) is 0. The van der Waals surface area contributed by atoms with Gasteiger partial charge in [-0.15, -0.1) is 0 Å². The summed E-state index contributed by atoms with van der Waals surface area (Å²) < 4.78 is 10.7. The fourth-order valence-corrected chi connectivity index (χ4v) is 4.71. The summed E-state index contributed by atoms with van der Waals surface area (Å²) in [5.41, 5.74) is 0.710. The van der Waals surface area contributed by atoms with Gasteiger partial charge in [0, 0.05) is 31.1 Å². The van der Waals surface area contributed by atoms with E-state index in [0.29, 0.717) is 42.4 Å². The molecule has 2 rings (SSSR count). The van der Waals surface area contributed by atoms with E-state index in [2.05, 4.69) is 37.6 Å². The molecular formula is C34H51N3O5. The molecule has 1 aliphatic heterocycles. The van der Waals surface area contributed by atoms with Crippen molar-refractivity contribution in [1.29, 1.82) is 0 Å². The molecule has 0 radical (unpaired) electrons. The van der Waals surface area contributed by atoms with Gasteiger partial charge in [-0.2, -0.15) is 0 Å². The number of amides is 1. The van der Waals surface area contributed by atoms with Crippen molar-refractivity contribution < 1.29 is 23.9 Å². The average Bonchev–Trinajstić information content (AvgIpc) is 2.90. The van der Waals surface area contributed by atoms with Crippen molar-refractivity contribution in [2.75, 3.05) is 20.2 Å². The lowest BCUT2D eigenvalue weighted by atomic mass is 9.81. The van der Waals surface area contributed by atoms with Gasteiger partial charge in [-0.3, -0.25) is 9.59 Å². The van der Waals surface area contributed by atoms with Crippen LogP contribution in [0.1, 0.15) is 123 Å². The minimum atomic E-state index is -0.676. The fraction of sp³-hybridized carbons (Fsp3) is 0.676. The predicted octanol–water partition coefficient (Wildman–Crippen LogP) is 6.91. The number of ether oxygens (including phenoxy) is 2. The lowest BCUT2D eigenvalue weighted by Gasteiger charge is -2.38. The summed E-state index contributed by atoms with van der Waals surface area (Å²) in [6.07, 6.45) is 7.49. The van der Waals surface area contributed by atoms with E-state index in [0.717, 1.165) is 31.3 Å². The number of carbonyl (C=O) groups is 3. The van der Waals surface area contributed by atoms with Crippen LogP contribution in [0.4, 0.5) is 4.79 Å². The minimum absolute atomic E-state index is 0.211. The maximum absolute atomic E-state index is 13.9. The molecule has 232 valence electrons. The molecule has 1 aromatic rings. The standard InChI is InChI=1S/C34H51N3O5/c1-11-12-13-14-15-28-27(20-35-31(36-28)33(4,5)6)29(38)19-24(17-16-23(2)3)25-18-26(30(39)41-10)22-37(21-25)32(40)42-34(7,8)9/h19-20,23,25-26H,11-13,16-18,21-22H2,1-10H3/b24-19-/t25-,26+/m0/s1. The Morgan fingerprint density at radius 1 is 1.12 bits per heavy atom. The van der Waals surface area contributed by atoms with E-state index in [1.165, 1.54) is 7.11 Å². The van der Waals surface area contributed by atoms with Gasteiger partial charge in [-0.25, -0.2) is 14.8 Å². The van der Waals surface area contributed by atoms with Crippen molar-refractivity contribution in [3.8, 4) is 11.8 Å². The predicted molar refractivity (Wildman–Crippen MR) is 165 cm³/mol. The summed E-state index contributed by atoms with van der Waals surface area (Å²) >= 11 is 0. The topological polar surface area (TPSA) is 98.7 Å². The molecule has 0 bridgehead atoms. The van der Waals surface area contributed by atoms with E-state index < -0.39 is 17.6 Å². The molecule has 1 aromatic heterocycles. The first-order chi connectivity index (χ1) is 19.6. The first-order valence-electron chi connectivity index (χ1n) is 15.2. The number of methoxy groups -OCH3 is 1. The largest absolute Gasteiger partial charge is 0.469 e. The average molecular weight is 582 g/mol. The second-order valence-corrected chi connectivity index (χ2v) is 13.7. The molecule has 1 saturated heterocycles. The lowest BCUT2D eigenvalue weighted by Crippen LogP contribution is -2.48. The molecule has 8 nitrogen and oxygen atoms in total. The molecule has 0 N–H and O–H groups in total. The van der Waals surface area contributed by atoms with Crippen LogP contribution in [0.15, 0.2) is 17.8 Å². The highest BCUT2D eigenvalue weighted by Crippen LogP contribution is 2.33. The number of likely N-dealkylation sites (tertiary alicyclic amines) is 1. The molecule has 0 aliphatic carbocycles. The number of ketones is 1. The van der Waals surface area contributed by atoms with Crippen LogP contribution in [0.25, 0.3) is 0 Å². The number of unbranched alkanes of at least 4 members (excludes halogenated alkanes) is 2. The first-order valence-corrected chi connectivity index (χ1v) is 15.2. The zero-order valence-electron chi connectivity index (χ0n) is 27.4. The SMILES string of the molecule is CCCCC#Cc1nc(C(C)(C)C)ncc1C(=O)/C=C(/CCC(C)C)[C@H]1C[C@@H](C(=O)OC)CN(C(=O)OC(C)(C)C)C1. The second-order valence-electron chi connectivity index (χ2n) is 13.7. The number of carbonyl (C=O) groups excluding carboxylic acids is 3. The van der Waals surface area contributed by atoms with Crippen LogP contribution in [0.3, 0.4) is 0 Å². The zero-order valence-corrected chi connectivity index (χ0v) is 27.4. The fourth-order valence-electron chi connectivity index (χ4n) is 4.71. The maximum atomic E-state index is 13.9. The molecular weight excluding hydrogens is 530 g/mol. The van der Waals surface area contributed by atoms with E-state index >= 15 is 0 Å². The van der Waals surface area contributed by atoms with Crippen LogP contribution in [-0.2, 0) is 19.7 Å². The summed E-state index contributed by atoms with van der Waals surface area (Å²) in [6.45, 7) is 18.5. The quantitative estimate of drug-likeness (QED) is 0.103. The van der Waals surface area contributed by atoms with Crippen molar-refractivity contribution in [2.45, 2.75) is 112 Å². The molecule has 42 heavy (non-hydrogen) atoms. The van der Waals surface area contributed by atoms with E-state index in [-0.39, 0.29) is 29.6 Å². The number of hydrogen-bond donors (Lipinski definition) is 0. The smallest absolute Gasteiger partial charge is 0.410 e. The van der Waals surface area contributed by atoms with Crippen molar-refractivity contribution in [2.24, 2.45) is 17.8 Å². The van der Waals surface area contributed by atoms with Gasteiger partial charge in [0.25, 0.3) is 0 Å². The van der Waals surface area contributed by atoms with Gasteiger partial charge in [0.15, 0.2) is 5.78 Å². The molecule has 0 unspecified atom stereocenters. The Hall–Kier alpha value is -3.21. The first kappa shape index (κ1) is 35.0. The number of aromatic nitrogens is 2. The Kier molecular flexibility index (Phi) is 12.8. The van der Waals surface area contributed by atoms with Gasteiger partial charge in [0.2, 0.25) is 0 Å². The minimum Gasteiger partial charge on any atom is -0.469 e. The molecule has 1 amide bonds. The number of esters is 1. The van der Waals surface area contributed by atoms with Gasteiger partial charge in [-0.05, 0) is 70.3 Å². The highest BCUT2D eigenvalue weighted by molar-refractivity contribution is 6.06. The highest BCUT2D eigenvalue weighted by Gasteiger charge is 2.37. The van der Waals surface area contributed by atoms with Crippen molar-refractivity contribution in [3.63, 3.8) is 0 Å². The summed E-state index contributed by atoms with van der Waals surface area (Å²) in [5.74, 6) is 6.00. The van der Waals surface area contributed by atoms with Crippen molar-refractivity contribution in [1.82, 2.24) is 14.9 Å². The molecule has 0 spiro atoms. The Bertz CT molecular complexity index is 1190. The van der Waals surface area contributed by atoms with Crippen LogP contribution in [0, 0.1) is 29.6 Å². The van der Waals surface area contributed by atoms with E-state index in [9.17, 15) is 14.4 Å². The number of nitrogens with zero attached hydrogens (tertiary/aromatic N) is 3. The molecule has 1 fully saturated rings. The Morgan fingerprint density at radius 2 is 1.79 bits per heavy atom. The van der Waals surface area contributed by atoms with Crippen LogP contribution in [0.2, 0.25) is 0 Å². The monoisotopic (exact) mass is 581 g/mol. The maximum Gasteiger partial charge on any atom is 0.410 e. The number of rotatable bonds is 9. The van der Waals surface area contributed by atoms with Crippen molar-refractivity contribution >= 4 is 17.8 Å². The molecule has 2 heterocycles. The zero-order chi connectivity index (χ0) is 31.7. The van der Waals surface area contributed by atoms with Crippen LogP contribution >= 0.6 is 0 Å². The third kappa shape index (κ3) is 10.9. The van der Waals surface area contributed by atoms with E-state index in [1.807, 2.05) is 41.5 Å². The van der Waals surface area contributed by atoms with E-state index in [4.69, 9.17) is 14.5 Å². The Labute approximate surface area is 253 Å². The van der Waals surface area contributed by atoms with Crippen LogP contribution < -0.4 is 0 Å². The van der Waals surface area contributed by atoms with E-state index in [1.54, 1.807) is 17.2 Å². The van der Waals surface area contributed by atoms with Gasteiger partial charge < -0.3 is 14.4 Å². The Balaban J connectivity index is 2.55. The number of allylic oxidation sites excluding steroid dienone is 1. The Morgan fingerprint density at radius 3 is 2.36 bits per heavy atom. The summed E-state index contributed by atoms with van der Waals surface area (Å²) in [5, 5.41) is 0. The third-order valence-electron chi connectivity index (χ3n) is 7.08. The number of hydrogen-bond acceptors (Lipinski definition) is 7. The normalized spacial score (nSPS) is 17.9.